The van der Waals surface area contributed by atoms with Gasteiger partial charge in [0.2, 0.25) is 0 Å². The number of hydrogen-bond acceptors (Lipinski definition) is 3. The molecule has 0 radical (unpaired) electrons. The molecule has 88 valence electrons. The SMILES string of the molecule is O=C(O)c1ccc(NCc2ccoc2)c(F)c1. The van der Waals surface area contributed by atoms with E-state index in [0.29, 0.717) is 6.54 Å². The number of furan rings is 1. The zero-order valence-electron chi connectivity index (χ0n) is 8.81. The van der Waals surface area contributed by atoms with E-state index in [-0.39, 0.29) is 11.3 Å². The highest BCUT2D eigenvalue weighted by Gasteiger charge is 2.08. The molecule has 4 nitrogen and oxygen atoms in total. The van der Waals surface area contributed by atoms with Gasteiger partial charge in [0.15, 0.2) is 0 Å². The molecule has 0 amide bonds. The summed E-state index contributed by atoms with van der Waals surface area (Å²) in [5.41, 5.74) is 1.07. The number of halogens is 1. The fourth-order valence-corrected chi connectivity index (χ4v) is 1.38. The maximum atomic E-state index is 13.5. The summed E-state index contributed by atoms with van der Waals surface area (Å²) in [4.78, 5) is 10.6. The topological polar surface area (TPSA) is 62.5 Å². The lowest BCUT2D eigenvalue weighted by Gasteiger charge is -2.06. The van der Waals surface area contributed by atoms with E-state index in [1.807, 2.05) is 0 Å². The van der Waals surface area contributed by atoms with Crippen molar-refractivity contribution in [2.75, 3.05) is 5.32 Å². The van der Waals surface area contributed by atoms with E-state index >= 15 is 0 Å². The van der Waals surface area contributed by atoms with Crippen molar-refractivity contribution in [1.29, 1.82) is 0 Å². The van der Waals surface area contributed by atoms with Gasteiger partial charge in [-0.25, -0.2) is 9.18 Å². The number of aromatic carboxylic acids is 1. The average molecular weight is 235 g/mol. The van der Waals surface area contributed by atoms with Crippen LogP contribution in [0, 0.1) is 5.82 Å². The number of carboxylic acid groups (broad SMARTS) is 1. The third-order valence-electron chi connectivity index (χ3n) is 2.28. The molecule has 5 heteroatoms. The molecule has 0 aliphatic carbocycles. The Kier molecular flexibility index (Phi) is 3.09. The fraction of sp³-hybridized carbons (Fsp3) is 0.0833. The van der Waals surface area contributed by atoms with E-state index in [0.717, 1.165) is 11.6 Å². The smallest absolute Gasteiger partial charge is 0.335 e. The first-order valence-electron chi connectivity index (χ1n) is 4.94. The van der Waals surface area contributed by atoms with Crippen LogP contribution in [0.25, 0.3) is 0 Å². The number of benzene rings is 1. The Bertz CT molecular complexity index is 523. The van der Waals surface area contributed by atoms with Gasteiger partial charge in [-0.2, -0.15) is 0 Å². The van der Waals surface area contributed by atoms with Gasteiger partial charge in [0.1, 0.15) is 5.82 Å². The van der Waals surface area contributed by atoms with Gasteiger partial charge >= 0.3 is 5.97 Å². The van der Waals surface area contributed by atoms with Gasteiger partial charge in [-0.15, -0.1) is 0 Å². The van der Waals surface area contributed by atoms with E-state index < -0.39 is 11.8 Å². The molecular weight excluding hydrogens is 225 g/mol. The average Bonchev–Trinajstić information content (AvgIpc) is 2.80. The standard InChI is InChI=1S/C12H10FNO3/c13-10-5-9(12(15)16)1-2-11(10)14-6-8-3-4-17-7-8/h1-5,7,14H,6H2,(H,15,16). The number of anilines is 1. The van der Waals surface area contributed by atoms with Gasteiger partial charge in [-0.3, -0.25) is 0 Å². The maximum absolute atomic E-state index is 13.5. The summed E-state index contributed by atoms with van der Waals surface area (Å²) in [6.45, 7) is 0.417. The Hall–Kier alpha value is -2.30. The first kappa shape index (κ1) is 11.2. The quantitative estimate of drug-likeness (QED) is 0.855. The Balaban J connectivity index is 2.09. The third-order valence-corrected chi connectivity index (χ3v) is 2.28. The predicted octanol–water partition coefficient (Wildman–Crippen LogP) is 2.73. The molecule has 0 fully saturated rings. The Morgan fingerprint density at radius 2 is 2.24 bits per heavy atom. The summed E-state index contributed by atoms with van der Waals surface area (Å²) in [6, 6.07) is 5.50. The molecule has 0 saturated heterocycles. The van der Waals surface area contributed by atoms with Gasteiger partial charge < -0.3 is 14.8 Å². The minimum atomic E-state index is -1.15. The highest BCUT2D eigenvalue weighted by atomic mass is 19.1. The van der Waals surface area contributed by atoms with Crippen LogP contribution in [-0.4, -0.2) is 11.1 Å². The van der Waals surface area contributed by atoms with E-state index in [9.17, 15) is 9.18 Å². The van der Waals surface area contributed by atoms with Crippen molar-refractivity contribution >= 4 is 11.7 Å². The van der Waals surface area contributed by atoms with Crippen LogP contribution in [0.3, 0.4) is 0 Å². The normalized spacial score (nSPS) is 10.2. The molecule has 1 aromatic carbocycles. The number of rotatable bonds is 4. The lowest BCUT2D eigenvalue weighted by molar-refractivity contribution is 0.0696. The van der Waals surface area contributed by atoms with Gasteiger partial charge in [-0.05, 0) is 24.3 Å². The van der Waals surface area contributed by atoms with Crippen LogP contribution in [0.15, 0.2) is 41.2 Å². The summed E-state index contributed by atoms with van der Waals surface area (Å²) >= 11 is 0. The van der Waals surface area contributed by atoms with Crippen molar-refractivity contribution in [3.8, 4) is 0 Å². The van der Waals surface area contributed by atoms with Gasteiger partial charge in [0.05, 0.1) is 23.8 Å². The lowest BCUT2D eigenvalue weighted by atomic mass is 10.2. The van der Waals surface area contributed by atoms with Crippen LogP contribution in [0.4, 0.5) is 10.1 Å². The monoisotopic (exact) mass is 235 g/mol. The molecule has 0 aliphatic rings. The highest BCUT2D eigenvalue weighted by Crippen LogP contribution is 2.17. The number of carbonyl (C=O) groups is 1. The minimum absolute atomic E-state index is 0.0728. The Labute approximate surface area is 96.7 Å². The molecule has 0 saturated carbocycles. The fourth-order valence-electron chi connectivity index (χ4n) is 1.38. The molecule has 1 aromatic heterocycles. The molecule has 2 aromatic rings. The van der Waals surface area contributed by atoms with E-state index in [1.54, 1.807) is 12.3 Å². The molecule has 0 spiro atoms. The Morgan fingerprint density at radius 1 is 1.41 bits per heavy atom. The summed E-state index contributed by atoms with van der Waals surface area (Å²) in [6.07, 6.45) is 3.08. The zero-order chi connectivity index (χ0) is 12.3. The van der Waals surface area contributed by atoms with E-state index in [2.05, 4.69) is 5.32 Å². The van der Waals surface area contributed by atoms with E-state index in [4.69, 9.17) is 9.52 Å². The van der Waals surface area contributed by atoms with Crippen molar-refractivity contribution in [3.05, 3.63) is 53.7 Å². The summed E-state index contributed by atoms with van der Waals surface area (Å²) in [7, 11) is 0. The lowest BCUT2D eigenvalue weighted by Crippen LogP contribution is -2.03. The van der Waals surface area contributed by atoms with Crippen molar-refractivity contribution < 1.29 is 18.7 Å². The van der Waals surface area contributed by atoms with Crippen LogP contribution in [0.5, 0.6) is 0 Å². The molecular formula is C12H10FNO3. The molecule has 17 heavy (non-hydrogen) atoms. The first-order chi connectivity index (χ1) is 8.16. The maximum Gasteiger partial charge on any atom is 0.335 e. The predicted molar refractivity (Wildman–Crippen MR) is 59.4 cm³/mol. The van der Waals surface area contributed by atoms with Crippen LogP contribution in [-0.2, 0) is 6.54 Å². The molecule has 0 bridgehead atoms. The first-order valence-corrected chi connectivity index (χ1v) is 4.94. The van der Waals surface area contributed by atoms with Crippen molar-refractivity contribution in [1.82, 2.24) is 0 Å². The minimum Gasteiger partial charge on any atom is -0.478 e. The van der Waals surface area contributed by atoms with Gasteiger partial charge in [0.25, 0.3) is 0 Å². The molecule has 0 aliphatic heterocycles. The summed E-state index contributed by atoms with van der Waals surface area (Å²) < 4.78 is 18.4. The highest BCUT2D eigenvalue weighted by molar-refractivity contribution is 5.88. The van der Waals surface area contributed by atoms with Gasteiger partial charge in [-0.1, -0.05) is 0 Å². The van der Waals surface area contributed by atoms with Crippen LogP contribution in [0.2, 0.25) is 0 Å². The molecule has 0 atom stereocenters. The second-order valence-electron chi connectivity index (χ2n) is 3.48. The number of hydrogen-bond donors (Lipinski definition) is 2. The second-order valence-corrected chi connectivity index (χ2v) is 3.48. The number of nitrogens with one attached hydrogen (secondary N) is 1. The third kappa shape index (κ3) is 2.63. The number of carboxylic acids is 1. The summed E-state index contributed by atoms with van der Waals surface area (Å²) in [5.74, 6) is -1.74. The van der Waals surface area contributed by atoms with Crippen molar-refractivity contribution in [2.45, 2.75) is 6.54 Å². The Morgan fingerprint density at radius 3 is 2.82 bits per heavy atom. The van der Waals surface area contributed by atoms with Crippen molar-refractivity contribution in [2.24, 2.45) is 0 Å². The van der Waals surface area contributed by atoms with Crippen molar-refractivity contribution in [3.63, 3.8) is 0 Å². The molecule has 1 heterocycles. The molecule has 2 rings (SSSR count). The molecule has 2 N–H and O–H groups in total. The second kappa shape index (κ2) is 4.69. The van der Waals surface area contributed by atoms with Gasteiger partial charge in [0, 0.05) is 12.1 Å². The molecule has 0 unspecified atom stereocenters. The van der Waals surface area contributed by atoms with Crippen LogP contribution in [0.1, 0.15) is 15.9 Å². The van der Waals surface area contributed by atoms with Crippen LogP contribution >= 0.6 is 0 Å². The largest absolute Gasteiger partial charge is 0.478 e. The zero-order valence-corrected chi connectivity index (χ0v) is 8.81. The van der Waals surface area contributed by atoms with Crippen LogP contribution < -0.4 is 5.32 Å². The summed E-state index contributed by atoms with van der Waals surface area (Å²) in [5, 5.41) is 11.5. The van der Waals surface area contributed by atoms with E-state index in [1.165, 1.54) is 18.4 Å².